The van der Waals surface area contributed by atoms with E-state index in [1.165, 1.54) is 19.1 Å². The lowest BCUT2D eigenvalue weighted by atomic mass is 9.91. The highest BCUT2D eigenvalue weighted by Gasteiger charge is 2.80. The van der Waals surface area contributed by atoms with E-state index < -0.39 is 35.0 Å². The standard InChI is InChI=1S/C27H22F6OS2/c1-4-13-34-14(2)24-21(17-10-6-8-12-19(17)36-24)23-22(25(28,29)27(32,33)26(23,30)31)20-15(3)35-18-11-7-5-9-16(18)20/h5-12,14H,4,13H2,1-3H3/t14-/m1/s1. The van der Waals surface area contributed by atoms with Crippen molar-refractivity contribution < 1.29 is 31.1 Å². The zero-order chi connectivity index (χ0) is 26.0. The summed E-state index contributed by atoms with van der Waals surface area (Å²) in [4.78, 5) is 0.496. The molecule has 1 nitrogen and oxygen atoms in total. The van der Waals surface area contributed by atoms with E-state index in [0.29, 0.717) is 22.4 Å². The number of thiophene rings is 2. The smallest absolute Gasteiger partial charge is 0.373 e. The maximum Gasteiger partial charge on any atom is 0.380 e. The van der Waals surface area contributed by atoms with Crippen LogP contribution in [0.5, 0.6) is 0 Å². The highest BCUT2D eigenvalue weighted by molar-refractivity contribution is 7.19. The molecule has 0 fully saturated rings. The molecule has 2 heterocycles. The monoisotopic (exact) mass is 540 g/mol. The van der Waals surface area contributed by atoms with E-state index in [-0.39, 0.29) is 31.7 Å². The number of halogens is 6. The van der Waals surface area contributed by atoms with Gasteiger partial charge in [-0.15, -0.1) is 22.7 Å². The summed E-state index contributed by atoms with van der Waals surface area (Å²) >= 11 is 2.21. The van der Waals surface area contributed by atoms with E-state index in [2.05, 4.69) is 0 Å². The van der Waals surface area contributed by atoms with Gasteiger partial charge in [0.15, 0.2) is 0 Å². The number of allylic oxidation sites excluding steroid dienone is 2. The first kappa shape index (κ1) is 25.3. The van der Waals surface area contributed by atoms with Crippen LogP contribution in [0.15, 0.2) is 48.5 Å². The number of rotatable bonds is 6. The molecular weight excluding hydrogens is 518 g/mol. The maximum atomic E-state index is 15.7. The number of ether oxygens (including phenoxy) is 1. The summed E-state index contributed by atoms with van der Waals surface area (Å²) in [6.45, 7) is 5.29. The van der Waals surface area contributed by atoms with Crippen molar-refractivity contribution in [3.63, 3.8) is 0 Å². The third kappa shape index (κ3) is 3.39. The molecule has 5 rings (SSSR count). The van der Waals surface area contributed by atoms with Crippen molar-refractivity contribution in [2.24, 2.45) is 0 Å². The molecule has 0 saturated carbocycles. The minimum atomic E-state index is -5.62. The summed E-state index contributed by atoms with van der Waals surface area (Å²) in [5.41, 5.74) is -3.16. The fraction of sp³-hybridized carbons (Fsp3) is 0.333. The van der Waals surface area contributed by atoms with Crippen LogP contribution in [0.3, 0.4) is 0 Å². The van der Waals surface area contributed by atoms with Gasteiger partial charge >= 0.3 is 17.8 Å². The fourth-order valence-electron chi connectivity index (χ4n) is 4.85. The first-order valence-electron chi connectivity index (χ1n) is 11.5. The summed E-state index contributed by atoms with van der Waals surface area (Å²) in [5, 5.41) is 0.472. The SMILES string of the molecule is CCCO[C@H](C)c1sc2ccccc2c1C1=C(c2c(C)sc3ccccc23)C(F)(F)C(F)(F)C1(F)F. The maximum absolute atomic E-state index is 15.7. The fourth-order valence-corrected chi connectivity index (χ4v) is 7.13. The van der Waals surface area contributed by atoms with Crippen LogP contribution in [0.1, 0.15) is 47.3 Å². The zero-order valence-corrected chi connectivity index (χ0v) is 21.2. The molecule has 1 aliphatic rings. The lowest BCUT2D eigenvalue weighted by Crippen LogP contribution is -2.49. The average Bonchev–Trinajstić information content (AvgIpc) is 3.40. The summed E-state index contributed by atoms with van der Waals surface area (Å²) < 4.78 is 99.7. The van der Waals surface area contributed by atoms with Crippen molar-refractivity contribution >= 4 is 54.0 Å². The number of benzene rings is 2. The Bertz CT molecular complexity index is 1500. The lowest BCUT2D eigenvalue weighted by Gasteiger charge is -2.26. The van der Waals surface area contributed by atoms with Gasteiger partial charge in [0, 0.05) is 58.8 Å². The Hall–Kier alpha value is -2.36. The van der Waals surface area contributed by atoms with Gasteiger partial charge < -0.3 is 4.74 Å². The van der Waals surface area contributed by atoms with Crippen molar-refractivity contribution in [1.29, 1.82) is 0 Å². The highest BCUT2D eigenvalue weighted by Crippen LogP contribution is 2.67. The molecule has 2 aromatic heterocycles. The van der Waals surface area contributed by atoms with Gasteiger partial charge in [0.05, 0.1) is 6.10 Å². The quantitative estimate of drug-likeness (QED) is 0.221. The molecule has 190 valence electrons. The third-order valence-electron chi connectivity index (χ3n) is 6.50. The Kier molecular flexibility index (Phi) is 6.04. The molecule has 0 aliphatic heterocycles. The van der Waals surface area contributed by atoms with Crippen LogP contribution in [0.4, 0.5) is 26.3 Å². The predicted octanol–water partition coefficient (Wildman–Crippen LogP) is 9.74. The molecule has 1 aliphatic carbocycles. The average molecular weight is 541 g/mol. The summed E-state index contributed by atoms with van der Waals surface area (Å²) in [6, 6.07) is 12.9. The second kappa shape index (κ2) is 8.60. The van der Waals surface area contributed by atoms with Gasteiger partial charge in [-0.25, -0.2) is 0 Å². The summed E-state index contributed by atoms with van der Waals surface area (Å²) in [6.07, 6.45) is -0.115. The van der Waals surface area contributed by atoms with E-state index in [9.17, 15) is 0 Å². The van der Waals surface area contributed by atoms with E-state index >= 15 is 26.3 Å². The van der Waals surface area contributed by atoms with Crippen LogP contribution in [-0.2, 0) is 4.74 Å². The topological polar surface area (TPSA) is 9.23 Å². The van der Waals surface area contributed by atoms with Crippen LogP contribution < -0.4 is 0 Å². The molecule has 9 heteroatoms. The van der Waals surface area contributed by atoms with Gasteiger partial charge in [0.2, 0.25) is 0 Å². The van der Waals surface area contributed by atoms with Crippen molar-refractivity contribution in [3.8, 4) is 0 Å². The number of aryl methyl sites for hydroxylation is 1. The summed E-state index contributed by atoms with van der Waals surface area (Å²) in [7, 11) is 0. The Balaban J connectivity index is 1.95. The van der Waals surface area contributed by atoms with E-state index in [0.717, 1.165) is 22.7 Å². The van der Waals surface area contributed by atoms with Crippen molar-refractivity contribution in [2.45, 2.75) is 51.1 Å². The van der Waals surface area contributed by atoms with Crippen molar-refractivity contribution in [1.82, 2.24) is 0 Å². The molecule has 1 atom stereocenters. The van der Waals surface area contributed by atoms with Crippen LogP contribution >= 0.6 is 22.7 Å². The molecule has 0 spiro atoms. The molecular formula is C27H22F6OS2. The van der Waals surface area contributed by atoms with E-state index in [4.69, 9.17) is 4.74 Å². The molecule has 2 aromatic carbocycles. The number of alkyl halides is 6. The Morgan fingerprint density at radius 1 is 0.778 bits per heavy atom. The number of hydrogen-bond donors (Lipinski definition) is 0. The second-order valence-electron chi connectivity index (χ2n) is 8.85. The minimum absolute atomic E-state index is 0.224. The number of fused-ring (bicyclic) bond motifs is 2. The van der Waals surface area contributed by atoms with Gasteiger partial charge in [-0.2, -0.15) is 26.3 Å². The van der Waals surface area contributed by atoms with Gasteiger partial charge in [-0.05, 0) is 32.4 Å². The molecule has 0 N–H and O–H groups in total. The van der Waals surface area contributed by atoms with Crippen LogP contribution in [0.2, 0.25) is 0 Å². The van der Waals surface area contributed by atoms with Gasteiger partial charge in [-0.1, -0.05) is 43.3 Å². The second-order valence-corrected chi connectivity index (χ2v) is 11.2. The van der Waals surface area contributed by atoms with Gasteiger partial charge in [0.1, 0.15) is 0 Å². The predicted molar refractivity (Wildman–Crippen MR) is 135 cm³/mol. The lowest BCUT2D eigenvalue weighted by molar-refractivity contribution is -0.254. The third-order valence-corrected chi connectivity index (χ3v) is 8.92. The molecule has 0 radical (unpaired) electrons. The normalized spacial score (nSPS) is 19.5. The molecule has 4 aromatic rings. The first-order chi connectivity index (χ1) is 16.9. The van der Waals surface area contributed by atoms with Crippen molar-refractivity contribution in [2.75, 3.05) is 6.61 Å². The van der Waals surface area contributed by atoms with Gasteiger partial charge in [-0.3, -0.25) is 0 Å². The number of hydrogen-bond acceptors (Lipinski definition) is 3. The van der Waals surface area contributed by atoms with Crippen LogP contribution in [0.25, 0.3) is 31.3 Å². The molecule has 0 bridgehead atoms. The van der Waals surface area contributed by atoms with Gasteiger partial charge in [0.25, 0.3) is 0 Å². The zero-order valence-electron chi connectivity index (χ0n) is 19.6. The largest absolute Gasteiger partial charge is 0.380 e. The highest BCUT2D eigenvalue weighted by atomic mass is 32.1. The Morgan fingerprint density at radius 3 is 1.86 bits per heavy atom. The Labute approximate surface area is 212 Å². The van der Waals surface area contributed by atoms with Crippen LogP contribution in [0, 0.1) is 6.92 Å². The summed E-state index contributed by atoms with van der Waals surface area (Å²) in [5.74, 6) is -15.8. The molecule has 0 amide bonds. The molecule has 36 heavy (non-hydrogen) atoms. The molecule has 0 unspecified atom stereocenters. The van der Waals surface area contributed by atoms with E-state index in [1.807, 2.05) is 6.92 Å². The van der Waals surface area contributed by atoms with E-state index in [1.54, 1.807) is 43.3 Å². The first-order valence-corrected chi connectivity index (χ1v) is 13.1. The van der Waals surface area contributed by atoms with Crippen LogP contribution in [-0.4, -0.2) is 24.4 Å². The molecule has 0 saturated heterocycles. The minimum Gasteiger partial charge on any atom is -0.373 e. The Morgan fingerprint density at radius 2 is 1.28 bits per heavy atom. The van der Waals surface area contributed by atoms with Crippen molar-refractivity contribution in [3.05, 3.63) is 69.4 Å².